The highest BCUT2D eigenvalue weighted by atomic mass is 35.5. The molecule has 1 atom stereocenters. The van der Waals surface area contributed by atoms with Gasteiger partial charge in [0.15, 0.2) is 0 Å². The maximum absolute atomic E-state index is 5.91. The first-order chi connectivity index (χ1) is 9.67. The fourth-order valence-electron chi connectivity index (χ4n) is 2.32. The Morgan fingerprint density at radius 1 is 1.10 bits per heavy atom. The van der Waals surface area contributed by atoms with E-state index in [9.17, 15) is 0 Å². The third-order valence-corrected chi connectivity index (χ3v) is 3.60. The molecule has 3 aromatic rings. The maximum Gasteiger partial charge on any atom is 0.134 e. The lowest BCUT2D eigenvalue weighted by molar-refractivity contribution is 0.477. The minimum Gasteiger partial charge on any atom is -0.459 e. The van der Waals surface area contributed by atoms with Crippen LogP contribution in [0.4, 0.5) is 0 Å². The molecule has 0 fully saturated rings. The van der Waals surface area contributed by atoms with E-state index < -0.39 is 0 Å². The van der Waals surface area contributed by atoms with Crippen LogP contribution in [0.2, 0.25) is 5.02 Å². The summed E-state index contributed by atoms with van der Waals surface area (Å²) in [5, 5.41) is 1.78. The summed E-state index contributed by atoms with van der Waals surface area (Å²) in [7, 11) is 0. The second-order valence-corrected chi connectivity index (χ2v) is 5.28. The minimum absolute atomic E-state index is 0.194. The molecule has 3 nitrogen and oxygen atoms in total. The molecule has 2 aromatic carbocycles. The van der Waals surface area contributed by atoms with Gasteiger partial charge in [-0.1, -0.05) is 35.4 Å². The summed E-state index contributed by atoms with van der Waals surface area (Å²) in [6.07, 6.45) is 0. The van der Waals surface area contributed by atoms with Crippen molar-refractivity contribution in [2.75, 3.05) is 0 Å². The van der Waals surface area contributed by atoms with Crippen LogP contribution in [0.1, 0.15) is 22.9 Å². The van der Waals surface area contributed by atoms with Crippen molar-refractivity contribution in [1.29, 1.82) is 0 Å². The van der Waals surface area contributed by atoms with E-state index in [0.717, 1.165) is 22.3 Å². The van der Waals surface area contributed by atoms with Gasteiger partial charge in [0, 0.05) is 10.4 Å². The van der Waals surface area contributed by atoms with Crippen molar-refractivity contribution in [1.82, 2.24) is 5.43 Å². The molecule has 0 aliphatic heterocycles. The number of nitrogens with two attached hydrogens (primary N) is 1. The van der Waals surface area contributed by atoms with Crippen molar-refractivity contribution in [3.05, 3.63) is 70.4 Å². The number of nitrogens with one attached hydrogen (secondary N) is 1. The smallest absolute Gasteiger partial charge is 0.134 e. The number of hydrogen-bond acceptors (Lipinski definition) is 3. The summed E-state index contributed by atoms with van der Waals surface area (Å²) >= 11 is 5.91. The molecule has 102 valence electrons. The van der Waals surface area contributed by atoms with Crippen LogP contribution in [0.15, 0.2) is 52.9 Å². The first-order valence-corrected chi connectivity index (χ1v) is 6.77. The third-order valence-electron chi connectivity index (χ3n) is 3.35. The van der Waals surface area contributed by atoms with Crippen LogP contribution in [0, 0.1) is 6.92 Å². The van der Waals surface area contributed by atoms with Crippen LogP contribution in [0.5, 0.6) is 0 Å². The Balaban J connectivity index is 2.04. The molecule has 20 heavy (non-hydrogen) atoms. The van der Waals surface area contributed by atoms with Crippen LogP contribution in [-0.2, 0) is 0 Å². The molecule has 4 heteroatoms. The number of halogens is 1. The van der Waals surface area contributed by atoms with E-state index in [1.165, 1.54) is 5.56 Å². The molecule has 0 radical (unpaired) electrons. The summed E-state index contributed by atoms with van der Waals surface area (Å²) in [6, 6.07) is 15.5. The van der Waals surface area contributed by atoms with Crippen molar-refractivity contribution < 1.29 is 4.42 Å². The van der Waals surface area contributed by atoms with Crippen molar-refractivity contribution in [2.24, 2.45) is 5.84 Å². The first-order valence-electron chi connectivity index (χ1n) is 6.39. The summed E-state index contributed by atoms with van der Waals surface area (Å²) in [5.74, 6) is 6.47. The largest absolute Gasteiger partial charge is 0.459 e. The van der Waals surface area contributed by atoms with E-state index in [-0.39, 0.29) is 6.04 Å². The lowest BCUT2D eigenvalue weighted by atomic mass is 10.0. The minimum atomic E-state index is -0.194. The summed E-state index contributed by atoms with van der Waals surface area (Å²) in [5.41, 5.74) is 5.86. The molecule has 1 unspecified atom stereocenters. The molecule has 0 saturated carbocycles. The summed E-state index contributed by atoms with van der Waals surface area (Å²) < 4.78 is 5.89. The maximum atomic E-state index is 5.91. The van der Waals surface area contributed by atoms with Gasteiger partial charge in [-0.3, -0.25) is 5.84 Å². The van der Waals surface area contributed by atoms with E-state index in [4.69, 9.17) is 21.9 Å². The fraction of sp³-hybridized carbons (Fsp3) is 0.125. The van der Waals surface area contributed by atoms with Crippen molar-refractivity contribution in [3.63, 3.8) is 0 Å². The molecular formula is C16H15ClN2O. The fourth-order valence-corrected chi connectivity index (χ4v) is 2.45. The van der Waals surface area contributed by atoms with E-state index in [0.29, 0.717) is 5.02 Å². The predicted octanol–water partition coefficient (Wildman–Crippen LogP) is 3.95. The van der Waals surface area contributed by atoms with Gasteiger partial charge in [0.1, 0.15) is 17.4 Å². The third kappa shape index (κ3) is 2.43. The highest BCUT2D eigenvalue weighted by Gasteiger charge is 2.17. The molecule has 0 saturated heterocycles. The number of fused-ring (bicyclic) bond motifs is 1. The molecule has 0 spiro atoms. The summed E-state index contributed by atoms with van der Waals surface area (Å²) in [4.78, 5) is 0. The van der Waals surface area contributed by atoms with Crippen LogP contribution >= 0.6 is 11.6 Å². The van der Waals surface area contributed by atoms with Gasteiger partial charge in [0.05, 0.1) is 0 Å². The topological polar surface area (TPSA) is 51.2 Å². The lowest BCUT2D eigenvalue weighted by Crippen LogP contribution is -2.28. The van der Waals surface area contributed by atoms with E-state index in [1.807, 2.05) is 42.5 Å². The van der Waals surface area contributed by atoms with Gasteiger partial charge < -0.3 is 4.42 Å². The zero-order valence-corrected chi connectivity index (χ0v) is 11.8. The average molecular weight is 287 g/mol. The molecule has 1 aromatic heterocycles. The molecule has 3 N–H and O–H groups in total. The van der Waals surface area contributed by atoms with Gasteiger partial charge in [-0.15, -0.1) is 0 Å². The van der Waals surface area contributed by atoms with Crippen LogP contribution < -0.4 is 11.3 Å². The highest BCUT2D eigenvalue weighted by molar-refractivity contribution is 6.30. The van der Waals surface area contributed by atoms with Crippen molar-refractivity contribution >= 4 is 22.6 Å². The standard InChI is InChI=1S/C16H15ClN2O/c1-10-2-7-14-12(8-10)9-15(20-14)16(19-18)11-3-5-13(17)6-4-11/h2-9,16,19H,18H2,1H3. The van der Waals surface area contributed by atoms with Crippen LogP contribution in [-0.4, -0.2) is 0 Å². The van der Waals surface area contributed by atoms with Gasteiger partial charge >= 0.3 is 0 Å². The van der Waals surface area contributed by atoms with Gasteiger partial charge in [-0.2, -0.15) is 0 Å². The zero-order valence-electron chi connectivity index (χ0n) is 11.1. The van der Waals surface area contributed by atoms with Gasteiger partial charge in [0.25, 0.3) is 0 Å². The number of furan rings is 1. The normalized spacial score (nSPS) is 12.8. The lowest BCUT2D eigenvalue weighted by Gasteiger charge is -2.13. The molecule has 0 bridgehead atoms. The number of hydrogen-bond donors (Lipinski definition) is 2. The van der Waals surface area contributed by atoms with Crippen molar-refractivity contribution in [2.45, 2.75) is 13.0 Å². The summed E-state index contributed by atoms with van der Waals surface area (Å²) in [6.45, 7) is 2.06. The second kappa shape index (κ2) is 5.29. The molecule has 3 rings (SSSR count). The molecule has 1 heterocycles. The Bertz CT molecular complexity index is 734. The molecule has 0 aliphatic carbocycles. The van der Waals surface area contributed by atoms with Crippen LogP contribution in [0.25, 0.3) is 11.0 Å². The molecule has 0 aliphatic rings. The number of benzene rings is 2. The number of hydrazine groups is 1. The molecular weight excluding hydrogens is 272 g/mol. The Labute approximate surface area is 122 Å². The Kier molecular flexibility index (Phi) is 3.49. The average Bonchev–Trinajstić information content (AvgIpc) is 2.84. The van der Waals surface area contributed by atoms with E-state index in [2.05, 4.69) is 18.4 Å². The SMILES string of the molecule is Cc1ccc2oc(C(NN)c3ccc(Cl)cc3)cc2c1. The quantitative estimate of drug-likeness (QED) is 0.566. The Morgan fingerprint density at radius 2 is 1.85 bits per heavy atom. The highest BCUT2D eigenvalue weighted by Crippen LogP contribution is 2.29. The van der Waals surface area contributed by atoms with Gasteiger partial charge in [-0.05, 0) is 42.8 Å². The predicted molar refractivity (Wildman–Crippen MR) is 81.6 cm³/mol. The van der Waals surface area contributed by atoms with Crippen LogP contribution in [0.3, 0.4) is 0 Å². The Hall–Kier alpha value is -1.81. The number of rotatable bonds is 3. The van der Waals surface area contributed by atoms with Gasteiger partial charge in [-0.25, -0.2) is 5.43 Å². The number of aryl methyl sites for hydroxylation is 1. The Morgan fingerprint density at radius 3 is 2.55 bits per heavy atom. The second-order valence-electron chi connectivity index (χ2n) is 4.84. The van der Waals surface area contributed by atoms with E-state index in [1.54, 1.807) is 0 Å². The zero-order chi connectivity index (χ0) is 14.1. The van der Waals surface area contributed by atoms with Gasteiger partial charge in [0.2, 0.25) is 0 Å². The molecule has 0 amide bonds. The first kappa shape index (κ1) is 13.2. The van der Waals surface area contributed by atoms with Crippen molar-refractivity contribution in [3.8, 4) is 0 Å². The van der Waals surface area contributed by atoms with E-state index >= 15 is 0 Å². The monoisotopic (exact) mass is 286 g/mol.